The molecule has 0 amide bonds. The summed E-state index contributed by atoms with van der Waals surface area (Å²) in [5.41, 5.74) is 8.39. The highest BCUT2D eigenvalue weighted by Crippen LogP contribution is 2.34. The Morgan fingerprint density at radius 1 is 1.10 bits per heavy atom. The Labute approximate surface area is 125 Å². The number of aryl methyl sites for hydroxylation is 1. The second-order valence-electron chi connectivity index (χ2n) is 4.24. The molecule has 0 fully saturated rings. The van der Waals surface area contributed by atoms with Crippen LogP contribution < -0.4 is 5.73 Å². The summed E-state index contributed by atoms with van der Waals surface area (Å²) in [4.78, 5) is 13.7. The molecule has 3 rings (SSSR count). The minimum Gasteiger partial charge on any atom is -0.368 e. The van der Waals surface area contributed by atoms with Crippen molar-refractivity contribution in [3.05, 3.63) is 47.2 Å². The molecule has 2 heterocycles. The quantitative estimate of drug-likeness (QED) is 0.781. The molecule has 0 saturated carbocycles. The normalized spacial score (nSPS) is 10.7. The first kappa shape index (κ1) is 13.0. The van der Waals surface area contributed by atoms with Gasteiger partial charge < -0.3 is 5.73 Å². The fourth-order valence-corrected chi connectivity index (χ4v) is 3.02. The molecule has 4 nitrogen and oxygen atoms in total. The Morgan fingerprint density at radius 2 is 1.85 bits per heavy atom. The minimum atomic E-state index is 0.267. The lowest BCUT2D eigenvalue weighted by molar-refractivity contribution is 1.18. The Kier molecular flexibility index (Phi) is 3.38. The lowest BCUT2D eigenvalue weighted by atomic mass is 10.2. The van der Waals surface area contributed by atoms with E-state index in [1.165, 1.54) is 0 Å². The molecule has 0 bridgehead atoms. The van der Waals surface area contributed by atoms with E-state index in [1.807, 2.05) is 37.3 Å². The molecule has 3 aromatic rings. The predicted octanol–water partition coefficient (Wildman–Crippen LogP) is 3.81. The lowest BCUT2D eigenvalue weighted by Gasteiger charge is -1.98. The van der Waals surface area contributed by atoms with Gasteiger partial charge in [0.25, 0.3) is 0 Å². The van der Waals surface area contributed by atoms with Crippen LogP contribution in [0.3, 0.4) is 0 Å². The van der Waals surface area contributed by atoms with E-state index in [1.54, 1.807) is 17.5 Å². The molecule has 0 radical (unpaired) electrons. The average Bonchev–Trinajstić information content (AvgIpc) is 2.82. The van der Waals surface area contributed by atoms with Crippen molar-refractivity contribution in [2.24, 2.45) is 0 Å². The zero-order chi connectivity index (χ0) is 14.1. The Morgan fingerprint density at radius 3 is 2.55 bits per heavy atom. The van der Waals surface area contributed by atoms with Gasteiger partial charge in [-0.15, -0.1) is 11.3 Å². The first-order chi connectivity index (χ1) is 9.63. The minimum absolute atomic E-state index is 0.267. The van der Waals surface area contributed by atoms with E-state index in [2.05, 4.69) is 15.0 Å². The van der Waals surface area contributed by atoms with Crippen molar-refractivity contribution >= 4 is 28.9 Å². The maximum atomic E-state index is 5.90. The van der Waals surface area contributed by atoms with Crippen LogP contribution in [-0.2, 0) is 0 Å². The Bertz CT molecular complexity index is 752. The smallest absolute Gasteiger partial charge is 0.220 e. The molecule has 20 heavy (non-hydrogen) atoms. The van der Waals surface area contributed by atoms with Crippen LogP contribution in [0.5, 0.6) is 0 Å². The standard InChI is InChI=1S/C14H11ClN4S/c1-8-12(11-6-7-17-14(16)19-11)20-13(18-8)9-2-4-10(15)5-3-9/h2-7H,1H3,(H2,16,17,19). The van der Waals surface area contributed by atoms with Crippen molar-refractivity contribution in [3.8, 4) is 21.1 Å². The Hall–Kier alpha value is -1.98. The van der Waals surface area contributed by atoms with Gasteiger partial charge in [0.15, 0.2) is 0 Å². The van der Waals surface area contributed by atoms with Crippen molar-refractivity contribution in [3.63, 3.8) is 0 Å². The second-order valence-corrected chi connectivity index (χ2v) is 5.68. The molecule has 0 unspecified atom stereocenters. The van der Waals surface area contributed by atoms with Crippen LogP contribution in [0.15, 0.2) is 36.5 Å². The summed E-state index contributed by atoms with van der Waals surface area (Å²) in [6, 6.07) is 9.46. The molecule has 0 saturated heterocycles. The zero-order valence-electron chi connectivity index (χ0n) is 10.7. The van der Waals surface area contributed by atoms with Gasteiger partial charge in [-0.1, -0.05) is 23.7 Å². The molecule has 0 atom stereocenters. The van der Waals surface area contributed by atoms with E-state index < -0.39 is 0 Å². The topological polar surface area (TPSA) is 64.7 Å². The summed E-state index contributed by atoms with van der Waals surface area (Å²) >= 11 is 7.48. The van der Waals surface area contributed by atoms with Crippen LogP contribution in [-0.4, -0.2) is 15.0 Å². The fraction of sp³-hybridized carbons (Fsp3) is 0.0714. The van der Waals surface area contributed by atoms with E-state index in [0.29, 0.717) is 5.02 Å². The summed E-state index contributed by atoms with van der Waals surface area (Å²) in [6.07, 6.45) is 1.65. The van der Waals surface area contributed by atoms with E-state index in [-0.39, 0.29) is 5.95 Å². The second kappa shape index (κ2) is 5.19. The summed E-state index contributed by atoms with van der Waals surface area (Å²) in [5, 5.41) is 1.65. The van der Waals surface area contributed by atoms with Gasteiger partial charge in [0.05, 0.1) is 16.3 Å². The number of benzene rings is 1. The van der Waals surface area contributed by atoms with E-state index in [4.69, 9.17) is 17.3 Å². The predicted molar refractivity (Wildman–Crippen MR) is 82.7 cm³/mol. The van der Waals surface area contributed by atoms with Crippen LogP contribution in [0.4, 0.5) is 5.95 Å². The van der Waals surface area contributed by atoms with Crippen molar-refractivity contribution in [2.75, 3.05) is 5.73 Å². The van der Waals surface area contributed by atoms with E-state index in [9.17, 15) is 0 Å². The summed E-state index contributed by atoms with van der Waals surface area (Å²) in [7, 11) is 0. The summed E-state index contributed by atoms with van der Waals surface area (Å²) < 4.78 is 0. The lowest BCUT2D eigenvalue weighted by Crippen LogP contribution is -1.94. The molecular formula is C14H11ClN4S. The highest BCUT2D eigenvalue weighted by atomic mass is 35.5. The molecule has 0 aliphatic heterocycles. The number of thiazole rings is 1. The molecule has 1 aromatic carbocycles. The van der Waals surface area contributed by atoms with Gasteiger partial charge in [-0.25, -0.2) is 15.0 Å². The first-order valence-electron chi connectivity index (χ1n) is 5.96. The van der Waals surface area contributed by atoms with Crippen LogP contribution >= 0.6 is 22.9 Å². The molecule has 2 aromatic heterocycles. The van der Waals surface area contributed by atoms with Gasteiger partial charge in [0.2, 0.25) is 5.95 Å². The van der Waals surface area contributed by atoms with E-state index >= 15 is 0 Å². The van der Waals surface area contributed by atoms with Crippen molar-refractivity contribution in [1.29, 1.82) is 0 Å². The molecular weight excluding hydrogens is 292 g/mol. The van der Waals surface area contributed by atoms with Crippen LogP contribution in [0, 0.1) is 6.92 Å². The number of aromatic nitrogens is 3. The van der Waals surface area contributed by atoms with E-state index in [0.717, 1.165) is 26.8 Å². The van der Waals surface area contributed by atoms with Crippen LogP contribution in [0.1, 0.15) is 5.69 Å². The number of anilines is 1. The number of hydrogen-bond donors (Lipinski definition) is 1. The maximum absolute atomic E-state index is 5.90. The third kappa shape index (κ3) is 2.50. The average molecular weight is 303 g/mol. The maximum Gasteiger partial charge on any atom is 0.220 e. The number of nitrogens with two attached hydrogens (primary N) is 1. The van der Waals surface area contributed by atoms with Gasteiger partial charge in [0, 0.05) is 16.8 Å². The van der Waals surface area contributed by atoms with Gasteiger partial charge in [-0.2, -0.15) is 0 Å². The molecule has 0 aliphatic rings. The highest BCUT2D eigenvalue weighted by molar-refractivity contribution is 7.18. The molecule has 0 spiro atoms. The van der Waals surface area contributed by atoms with Crippen molar-refractivity contribution < 1.29 is 0 Å². The zero-order valence-corrected chi connectivity index (χ0v) is 12.2. The van der Waals surface area contributed by atoms with Gasteiger partial charge in [-0.05, 0) is 25.1 Å². The van der Waals surface area contributed by atoms with Gasteiger partial charge >= 0.3 is 0 Å². The van der Waals surface area contributed by atoms with Crippen molar-refractivity contribution in [2.45, 2.75) is 6.92 Å². The third-order valence-corrected chi connectivity index (χ3v) is 4.28. The molecule has 6 heteroatoms. The van der Waals surface area contributed by atoms with Crippen LogP contribution in [0.25, 0.3) is 21.1 Å². The number of hydrogen-bond acceptors (Lipinski definition) is 5. The fourth-order valence-electron chi connectivity index (χ4n) is 1.85. The van der Waals surface area contributed by atoms with Crippen LogP contribution in [0.2, 0.25) is 5.02 Å². The Balaban J connectivity index is 2.05. The molecule has 100 valence electrons. The number of nitrogen functional groups attached to an aromatic ring is 1. The SMILES string of the molecule is Cc1nc(-c2ccc(Cl)cc2)sc1-c1ccnc(N)n1. The van der Waals surface area contributed by atoms with Gasteiger partial charge in [0.1, 0.15) is 5.01 Å². The largest absolute Gasteiger partial charge is 0.368 e. The number of halogens is 1. The molecule has 2 N–H and O–H groups in total. The van der Waals surface area contributed by atoms with Gasteiger partial charge in [-0.3, -0.25) is 0 Å². The summed E-state index contributed by atoms with van der Waals surface area (Å²) in [5.74, 6) is 0.267. The first-order valence-corrected chi connectivity index (χ1v) is 7.15. The third-order valence-electron chi connectivity index (χ3n) is 2.79. The highest BCUT2D eigenvalue weighted by Gasteiger charge is 2.12. The number of nitrogens with zero attached hydrogens (tertiary/aromatic N) is 3. The number of rotatable bonds is 2. The monoisotopic (exact) mass is 302 g/mol. The van der Waals surface area contributed by atoms with Crippen molar-refractivity contribution in [1.82, 2.24) is 15.0 Å². The summed E-state index contributed by atoms with van der Waals surface area (Å²) in [6.45, 7) is 1.96. The molecule has 0 aliphatic carbocycles.